The molecule has 0 saturated carbocycles. The van der Waals surface area contributed by atoms with Gasteiger partial charge in [-0.15, -0.1) is 0 Å². The van der Waals surface area contributed by atoms with E-state index in [1.807, 2.05) is 19.9 Å². The first kappa shape index (κ1) is 54.4. The Morgan fingerprint density at radius 3 is 1.97 bits per heavy atom. The SMILES string of the molecule is CCCCC(NC(=O)Cc1ccc(OS(=O)(=O)O)cc1)C(=O)NCC(=O)NC(CC1C=Nc2ccccc21)C(=O)NC(CCCC)C(=O)N(C)C(CC(=O)O)C(=O)NC(Cc1ccccc1)C(N)=O. The number of fused-ring (bicyclic) bond motifs is 1. The van der Waals surface area contributed by atoms with Crippen LogP contribution in [0.2, 0.25) is 0 Å². The molecule has 21 nitrogen and oxygen atoms in total. The van der Waals surface area contributed by atoms with E-state index < -0.39 is 107 Å². The van der Waals surface area contributed by atoms with Crippen LogP contribution in [0.15, 0.2) is 83.9 Å². The Balaban J connectivity index is 1.50. The number of aliphatic imine (C=N–C) groups is 1. The second kappa shape index (κ2) is 26.4. The summed E-state index contributed by atoms with van der Waals surface area (Å²) >= 11 is 0. The summed E-state index contributed by atoms with van der Waals surface area (Å²) < 4.78 is 35.3. The number of likely N-dealkylation sites (N-methyl/N-ethyl adjacent to an activating group) is 1. The van der Waals surface area contributed by atoms with Crippen LogP contribution in [0, 0.1) is 0 Å². The summed E-state index contributed by atoms with van der Waals surface area (Å²) in [6.45, 7) is 3.12. The molecular weight excluding hydrogens is 917 g/mol. The van der Waals surface area contributed by atoms with Crippen molar-refractivity contribution in [3.05, 3.63) is 95.6 Å². The Morgan fingerprint density at radius 1 is 0.739 bits per heavy atom. The van der Waals surface area contributed by atoms with Crippen LogP contribution in [0.4, 0.5) is 5.69 Å². The zero-order valence-corrected chi connectivity index (χ0v) is 39.4. The van der Waals surface area contributed by atoms with Crippen molar-refractivity contribution >= 4 is 69.6 Å². The smallest absolute Gasteiger partial charge is 0.446 e. The van der Waals surface area contributed by atoms with Gasteiger partial charge in [-0.05, 0) is 54.2 Å². The number of aliphatic carboxylic acids is 1. The summed E-state index contributed by atoms with van der Waals surface area (Å²) in [6.07, 6.45) is 3.03. The number of hydrogen-bond donors (Lipinski definition) is 8. The number of nitrogens with zero attached hydrogens (tertiary/aromatic N) is 2. The van der Waals surface area contributed by atoms with Crippen molar-refractivity contribution in [2.45, 2.75) is 114 Å². The maximum Gasteiger partial charge on any atom is 0.446 e. The van der Waals surface area contributed by atoms with E-state index in [2.05, 4.69) is 35.8 Å². The first-order valence-corrected chi connectivity index (χ1v) is 23.8. The van der Waals surface area contributed by atoms with Gasteiger partial charge in [0.2, 0.25) is 41.4 Å². The number of carbonyl (C=O) groups excluding carboxylic acids is 7. The number of para-hydroxylation sites is 1. The first-order chi connectivity index (χ1) is 32.8. The van der Waals surface area contributed by atoms with Gasteiger partial charge in [-0.25, -0.2) is 0 Å². The Kier molecular flexibility index (Phi) is 20.8. The van der Waals surface area contributed by atoms with Gasteiger partial charge in [0.25, 0.3) is 0 Å². The van der Waals surface area contributed by atoms with E-state index in [0.29, 0.717) is 42.5 Å². The molecule has 6 unspecified atom stereocenters. The minimum Gasteiger partial charge on any atom is -0.481 e. The second-order valence-electron chi connectivity index (χ2n) is 16.5. The van der Waals surface area contributed by atoms with E-state index >= 15 is 0 Å². The summed E-state index contributed by atoms with van der Waals surface area (Å²) in [5.74, 6) is -7.54. The van der Waals surface area contributed by atoms with Crippen LogP contribution in [-0.2, 0) is 61.6 Å². The number of carboxylic acids is 1. The quantitative estimate of drug-likeness (QED) is 0.0482. The summed E-state index contributed by atoms with van der Waals surface area (Å²) in [5, 5.41) is 22.8. The van der Waals surface area contributed by atoms with E-state index in [-0.39, 0.29) is 37.9 Å². The minimum atomic E-state index is -4.75. The molecule has 0 radical (unpaired) electrons. The summed E-state index contributed by atoms with van der Waals surface area (Å²) in [6, 6.07) is 14.6. The van der Waals surface area contributed by atoms with Crippen molar-refractivity contribution in [1.82, 2.24) is 31.5 Å². The van der Waals surface area contributed by atoms with Crippen LogP contribution >= 0.6 is 0 Å². The lowest BCUT2D eigenvalue weighted by Crippen LogP contribution is -2.59. The molecule has 3 aromatic carbocycles. The molecule has 3 aromatic rings. The van der Waals surface area contributed by atoms with Gasteiger partial charge in [0, 0.05) is 25.6 Å². The van der Waals surface area contributed by atoms with Crippen molar-refractivity contribution in [2.75, 3.05) is 13.6 Å². The second-order valence-corrected chi connectivity index (χ2v) is 17.6. The molecule has 7 amide bonds. The third-order valence-electron chi connectivity index (χ3n) is 11.2. The van der Waals surface area contributed by atoms with Crippen molar-refractivity contribution < 1.29 is 60.6 Å². The number of primary amides is 1. The van der Waals surface area contributed by atoms with Crippen LogP contribution in [0.25, 0.3) is 0 Å². The molecule has 1 aliphatic rings. The highest BCUT2D eigenvalue weighted by molar-refractivity contribution is 7.81. The van der Waals surface area contributed by atoms with E-state index in [1.165, 1.54) is 31.3 Å². The third kappa shape index (κ3) is 17.8. The van der Waals surface area contributed by atoms with Crippen LogP contribution in [-0.4, -0.2) is 120 Å². The molecule has 69 heavy (non-hydrogen) atoms. The molecule has 0 saturated heterocycles. The fourth-order valence-electron chi connectivity index (χ4n) is 7.52. The molecule has 0 aliphatic carbocycles. The molecule has 0 aromatic heterocycles. The number of nitrogens with one attached hydrogen (secondary N) is 5. The van der Waals surface area contributed by atoms with Crippen molar-refractivity contribution in [1.29, 1.82) is 0 Å². The minimum absolute atomic E-state index is 0.00291. The monoisotopic (exact) mass is 976 g/mol. The summed E-state index contributed by atoms with van der Waals surface area (Å²) in [7, 11) is -3.54. The fourth-order valence-corrected chi connectivity index (χ4v) is 7.87. The van der Waals surface area contributed by atoms with Crippen molar-refractivity contribution in [3.63, 3.8) is 0 Å². The van der Waals surface area contributed by atoms with Gasteiger partial charge in [0.1, 0.15) is 36.0 Å². The molecule has 1 heterocycles. The number of unbranched alkanes of at least 4 members (excludes halogenated alkanes) is 2. The van der Waals surface area contributed by atoms with Crippen LogP contribution in [0.1, 0.15) is 87.8 Å². The maximum absolute atomic E-state index is 14.3. The van der Waals surface area contributed by atoms with Crippen LogP contribution in [0.3, 0.4) is 0 Å². The predicted molar refractivity (Wildman–Crippen MR) is 252 cm³/mol. The lowest BCUT2D eigenvalue weighted by Gasteiger charge is -2.32. The highest BCUT2D eigenvalue weighted by Gasteiger charge is 2.37. The lowest BCUT2D eigenvalue weighted by molar-refractivity contribution is -0.147. The third-order valence-corrected chi connectivity index (χ3v) is 11.6. The average molecular weight is 977 g/mol. The van der Waals surface area contributed by atoms with Crippen molar-refractivity contribution in [2.24, 2.45) is 10.7 Å². The number of benzene rings is 3. The predicted octanol–water partition coefficient (Wildman–Crippen LogP) is 1.77. The number of amides is 7. The van der Waals surface area contributed by atoms with Gasteiger partial charge < -0.3 is 46.5 Å². The summed E-state index contributed by atoms with van der Waals surface area (Å²) in [4.78, 5) is 112. The molecule has 22 heteroatoms. The topological polar surface area (TPSA) is 322 Å². The van der Waals surface area contributed by atoms with E-state index in [0.717, 1.165) is 10.5 Å². The molecule has 1 aliphatic heterocycles. The van der Waals surface area contributed by atoms with Gasteiger partial charge in [0.05, 0.1) is 25.1 Å². The fraction of sp³-hybridized carbons (Fsp3) is 0.426. The number of carbonyl (C=O) groups is 8. The van der Waals surface area contributed by atoms with Gasteiger partial charge in [0.15, 0.2) is 0 Å². The standard InChI is InChI=1S/C47H60N8O13S/c1-4-6-16-35(51-40(56)24-30-19-21-32(22-20-30)68-69(65,66)67)44(61)50-28-41(57)52-38(25-31-27-49-34-18-12-11-15-33(31)34)45(62)53-36(17-7-5-2)47(64)55(3)39(26-42(58)59)46(63)54-37(43(48)60)23-29-13-9-8-10-14-29/h8-15,18-22,27,31,35-39H,4-7,16-17,23-26,28H2,1-3H3,(H2,48,60)(H,50,61)(H,51,56)(H,52,57)(H,53,62)(H,54,63)(H,58,59)(H,65,66,67). The molecule has 9 N–H and O–H groups in total. The zero-order chi connectivity index (χ0) is 50.7. The van der Waals surface area contributed by atoms with E-state index in [1.54, 1.807) is 54.7 Å². The lowest BCUT2D eigenvalue weighted by atomic mass is 9.93. The molecule has 6 atom stereocenters. The van der Waals surface area contributed by atoms with Crippen LogP contribution in [0.5, 0.6) is 5.75 Å². The first-order valence-electron chi connectivity index (χ1n) is 22.5. The van der Waals surface area contributed by atoms with Gasteiger partial charge >= 0.3 is 16.4 Å². The molecule has 0 fully saturated rings. The normalized spacial score (nSPS) is 14.9. The number of carboxylic acid groups (broad SMARTS) is 1. The maximum atomic E-state index is 14.3. The van der Waals surface area contributed by atoms with Gasteiger partial charge in [-0.1, -0.05) is 100 Å². The summed E-state index contributed by atoms with van der Waals surface area (Å²) in [5.41, 5.74) is 8.14. The molecule has 4 rings (SSSR count). The Hall–Kier alpha value is -7.20. The molecule has 0 spiro atoms. The van der Waals surface area contributed by atoms with E-state index in [4.69, 9.17) is 10.3 Å². The van der Waals surface area contributed by atoms with Crippen LogP contribution < -0.4 is 36.5 Å². The van der Waals surface area contributed by atoms with Crippen molar-refractivity contribution in [3.8, 4) is 5.75 Å². The number of hydrogen-bond acceptors (Lipinski definition) is 12. The molecule has 372 valence electrons. The highest BCUT2D eigenvalue weighted by Crippen LogP contribution is 2.34. The highest BCUT2D eigenvalue weighted by atomic mass is 32.3. The number of rotatable bonds is 28. The zero-order valence-electron chi connectivity index (χ0n) is 38.6. The van der Waals surface area contributed by atoms with Gasteiger partial charge in [-0.2, -0.15) is 8.42 Å². The Labute approximate surface area is 400 Å². The van der Waals surface area contributed by atoms with E-state index in [9.17, 15) is 51.9 Å². The molecule has 0 bridgehead atoms. The largest absolute Gasteiger partial charge is 0.481 e. The number of nitrogens with two attached hydrogens (primary N) is 1. The van der Waals surface area contributed by atoms with Gasteiger partial charge in [-0.3, -0.25) is 47.9 Å². The molecular formula is C47H60N8O13S. The Morgan fingerprint density at radius 2 is 1.35 bits per heavy atom. The Bertz CT molecular complexity index is 2440. The average Bonchev–Trinajstić information content (AvgIpc) is 3.71.